The second-order valence-electron chi connectivity index (χ2n) is 5.35. The number of hydrogen-bond donors (Lipinski definition) is 1. The minimum Gasteiger partial charge on any atom is -0.349 e. The Hall–Kier alpha value is -1.42. The van der Waals surface area contributed by atoms with Gasteiger partial charge in [0.2, 0.25) is 0 Å². The summed E-state index contributed by atoms with van der Waals surface area (Å²) < 4.78 is 0. The minimum absolute atomic E-state index is 0.220. The molecule has 0 atom stereocenters. The third-order valence-corrected chi connectivity index (χ3v) is 4.33. The molecule has 0 radical (unpaired) electrons. The molecule has 1 aromatic carbocycles. The smallest absolute Gasteiger partial charge is 0.173 e. The van der Waals surface area contributed by atoms with Crippen molar-refractivity contribution in [3.8, 4) is 0 Å². The number of likely N-dealkylation sites (tertiary alicyclic amines) is 1. The lowest BCUT2D eigenvalue weighted by molar-refractivity contribution is -0.121. The number of Topliss-reactive ketones (excluding diaryl/α,β-unsaturated/α-hetero) is 1. The molecular weight excluding hydrogens is 268 g/mol. The first kappa shape index (κ1) is 15.0. The molecule has 1 fully saturated rings. The molecule has 20 heavy (non-hydrogen) atoms. The summed E-state index contributed by atoms with van der Waals surface area (Å²) in [7, 11) is 0. The molecule has 0 unspecified atom stereocenters. The highest BCUT2D eigenvalue weighted by Crippen LogP contribution is 2.19. The van der Waals surface area contributed by atoms with E-state index < -0.39 is 0 Å². The Morgan fingerprint density at radius 2 is 1.90 bits per heavy atom. The van der Waals surface area contributed by atoms with Crippen LogP contribution in [0.25, 0.3) is 0 Å². The first-order chi connectivity index (χ1) is 9.60. The molecule has 1 aliphatic heterocycles. The average molecular weight is 290 g/mol. The van der Waals surface area contributed by atoms with Crippen molar-refractivity contribution in [2.45, 2.75) is 33.1 Å². The number of hydrogen-bond acceptors (Lipinski definition) is 2. The van der Waals surface area contributed by atoms with E-state index in [1.54, 1.807) is 6.92 Å². The number of nitrogens with zero attached hydrogens (tertiary/aromatic N) is 1. The van der Waals surface area contributed by atoms with E-state index in [0.29, 0.717) is 5.78 Å². The van der Waals surface area contributed by atoms with Crippen molar-refractivity contribution < 1.29 is 4.79 Å². The third-order valence-electron chi connectivity index (χ3n) is 3.97. The first-order valence-corrected chi connectivity index (χ1v) is 7.66. The minimum atomic E-state index is 0.220. The van der Waals surface area contributed by atoms with Gasteiger partial charge in [0, 0.05) is 24.7 Å². The Kier molecular flexibility index (Phi) is 5.12. The molecule has 0 spiro atoms. The predicted octanol–water partition coefficient (Wildman–Crippen LogP) is 3.25. The number of anilines is 1. The lowest BCUT2D eigenvalue weighted by atomic mass is 9.94. The van der Waals surface area contributed by atoms with Crippen LogP contribution in [0, 0.1) is 5.92 Å². The van der Waals surface area contributed by atoms with Gasteiger partial charge in [-0.15, -0.1) is 0 Å². The fourth-order valence-electron chi connectivity index (χ4n) is 2.52. The van der Waals surface area contributed by atoms with Crippen LogP contribution in [-0.2, 0) is 11.2 Å². The van der Waals surface area contributed by atoms with Gasteiger partial charge in [0.1, 0.15) is 5.78 Å². The molecule has 1 N–H and O–H groups in total. The van der Waals surface area contributed by atoms with Crippen LogP contribution >= 0.6 is 12.2 Å². The molecule has 4 heteroatoms. The number of aryl methyl sites for hydroxylation is 1. The summed E-state index contributed by atoms with van der Waals surface area (Å²) in [6.07, 6.45) is 2.86. The van der Waals surface area contributed by atoms with Gasteiger partial charge in [0.15, 0.2) is 5.11 Å². The number of rotatable bonds is 3. The maximum Gasteiger partial charge on any atom is 0.173 e. The Bertz CT molecular complexity index is 476. The van der Waals surface area contributed by atoms with E-state index >= 15 is 0 Å². The maximum atomic E-state index is 11.4. The normalized spacial score (nSPS) is 16.0. The molecule has 2 rings (SSSR count). The van der Waals surface area contributed by atoms with Crippen LogP contribution in [0.2, 0.25) is 0 Å². The van der Waals surface area contributed by atoms with Crippen molar-refractivity contribution in [3.05, 3.63) is 29.8 Å². The number of piperidine rings is 1. The highest BCUT2D eigenvalue weighted by molar-refractivity contribution is 7.80. The van der Waals surface area contributed by atoms with E-state index in [1.807, 2.05) is 0 Å². The summed E-state index contributed by atoms with van der Waals surface area (Å²) in [6, 6.07) is 8.36. The summed E-state index contributed by atoms with van der Waals surface area (Å²) in [6.45, 7) is 5.56. The highest BCUT2D eigenvalue weighted by Gasteiger charge is 2.23. The van der Waals surface area contributed by atoms with Gasteiger partial charge in [-0.2, -0.15) is 0 Å². The Morgan fingerprint density at radius 1 is 1.30 bits per heavy atom. The second-order valence-corrected chi connectivity index (χ2v) is 5.74. The van der Waals surface area contributed by atoms with Crippen molar-refractivity contribution >= 4 is 28.8 Å². The first-order valence-electron chi connectivity index (χ1n) is 7.25. The molecule has 0 amide bonds. The fraction of sp³-hybridized carbons (Fsp3) is 0.500. The monoisotopic (exact) mass is 290 g/mol. The predicted molar refractivity (Wildman–Crippen MR) is 87.0 cm³/mol. The SMILES string of the molecule is CCc1ccc(NC(=S)N2CCC(C(C)=O)CC2)cc1. The lowest BCUT2D eigenvalue weighted by Gasteiger charge is -2.32. The van der Waals surface area contributed by atoms with Gasteiger partial charge in [0.05, 0.1) is 0 Å². The molecule has 0 aliphatic carbocycles. The molecule has 0 saturated carbocycles. The number of nitrogens with one attached hydrogen (secondary N) is 1. The van der Waals surface area contributed by atoms with Gasteiger partial charge < -0.3 is 10.2 Å². The van der Waals surface area contributed by atoms with Crippen molar-refractivity contribution in [2.75, 3.05) is 18.4 Å². The van der Waals surface area contributed by atoms with E-state index in [9.17, 15) is 4.79 Å². The van der Waals surface area contributed by atoms with Crippen molar-refractivity contribution in [2.24, 2.45) is 5.92 Å². The second kappa shape index (κ2) is 6.84. The molecule has 1 aliphatic rings. The van der Waals surface area contributed by atoms with Crippen LogP contribution in [0.4, 0.5) is 5.69 Å². The van der Waals surface area contributed by atoms with Gasteiger partial charge in [-0.05, 0) is 56.1 Å². The van der Waals surface area contributed by atoms with Crippen LogP contribution in [0.15, 0.2) is 24.3 Å². The van der Waals surface area contributed by atoms with Gasteiger partial charge in [-0.25, -0.2) is 0 Å². The zero-order valence-corrected chi connectivity index (χ0v) is 13.0. The largest absolute Gasteiger partial charge is 0.349 e. The van der Waals surface area contributed by atoms with Gasteiger partial charge in [-0.1, -0.05) is 19.1 Å². The Morgan fingerprint density at radius 3 is 2.40 bits per heavy atom. The molecule has 1 heterocycles. The molecule has 0 aromatic heterocycles. The van der Waals surface area contributed by atoms with E-state index in [0.717, 1.165) is 43.2 Å². The van der Waals surface area contributed by atoms with E-state index in [4.69, 9.17) is 12.2 Å². The summed E-state index contributed by atoms with van der Waals surface area (Å²) in [5.74, 6) is 0.525. The van der Waals surface area contributed by atoms with Crippen LogP contribution in [0.3, 0.4) is 0 Å². The van der Waals surface area contributed by atoms with Crippen LogP contribution in [0.5, 0.6) is 0 Å². The number of ketones is 1. The quantitative estimate of drug-likeness (QED) is 0.866. The maximum absolute atomic E-state index is 11.4. The number of benzene rings is 1. The molecule has 1 saturated heterocycles. The Balaban J connectivity index is 1.87. The Labute approximate surface area is 126 Å². The highest BCUT2D eigenvalue weighted by atomic mass is 32.1. The van der Waals surface area contributed by atoms with Crippen LogP contribution in [0.1, 0.15) is 32.3 Å². The summed E-state index contributed by atoms with van der Waals surface area (Å²) in [5.41, 5.74) is 2.35. The van der Waals surface area contributed by atoms with E-state index in [2.05, 4.69) is 41.4 Å². The molecule has 1 aromatic rings. The number of carbonyl (C=O) groups is 1. The van der Waals surface area contributed by atoms with Crippen LogP contribution < -0.4 is 5.32 Å². The lowest BCUT2D eigenvalue weighted by Crippen LogP contribution is -2.42. The molecular formula is C16H22N2OS. The topological polar surface area (TPSA) is 32.3 Å². The fourth-order valence-corrected chi connectivity index (χ4v) is 2.82. The van der Waals surface area contributed by atoms with Crippen molar-refractivity contribution in [1.82, 2.24) is 4.90 Å². The van der Waals surface area contributed by atoms with Gasteiger partial charge >= 0.3 is 0 Å². The summed E-state index contributed by atoms with van der Waals surface area (Å²) in [5, 5.41) is 4.04. The third kappa shape index (κ3) is 3.79. The summed E-state index contributed by atoms with van der Waals surface area (Å²) in [4.78, 5) is 13.5. The molecule has 108 valence electrons. The zero-order chi connectivity index (χ0) is 14.5. The number of thiocarbonyl (C=S) groups is 1. The summed E-state index contributed by atoms with van der Waals surface area (Å²) >= 11 is 5.45. The van der Waals surface area contributed by atoms with E-state index in [1.165, 1.54) is 5.56 Å². The standard InChI is InChI=1S/C16H22N2OS/c1-3-13-4-6-15(7-5-13)17-16(20)18-10-8-14(9-11-18)12(2)19/h4-7,14H,3,8-11H2,1-2H3,(H,17,20). The molecule has 3 nitrogen and oxygen atoms in total. The number of carbonyl (C=O) groups excluding carboxylic acids is 1. The van der Waals surface area contributed by atoms with Gasteiger partial charge in [-0.3, -0.25) is 4.79 Å². The zero-order valence-electron chi connectivity index (χ0n) is 12.2. The van der Waals surface area contributed by atoms with E-state index in [-0.39, 0.29) is 5.92 Å². The van der Waals surface area contributed by atoms with Crippen LogP contribution in [-0.4, -0.2) is 28.9 Å². The van der Waals surface area contributed by atoms with Crippen molar-refractivity contribution in [3.63, 3.8) is 0 Å². The van der Waals surface area contributed by atoms with Crippen molar-refractivity contribution in [1.29, 1.82) is 0 Å². The van der Waals surface area contributed by atoms with Gasteiger partial charge in [0.25, 0.3) is 0 Å². The average Bonchev–Trinajstić information content (AvgIpc) is 2.48. The molecule has 0 bridgehead atoms.